The molecule has 1 N–H and O–H groups in total. The Morgan fingerprint density at radius 2 is 1.83 bits per heavy atom. The molecule has 2 aliphatic rings. The number of carbonyl (C=O) groups is 2. The number of rotatable bonds is 6. The molecule has 5 rings (SSSR count). The molecule has 0 unspecified atom stereocenters. The Kier molecular flexibility index (Phi) is 8.15. The van der Waals surface area contributed by atoms with Crippen LogP contribution in [-0.2, 0) is 20.5 Å². The summed E-state index contributed by atoms with van der Waals surface area (Å²) < 4.78 is 65.7. The molecule has 220 valence electrons. The van der Waals surface area contributed by atoms with Gasteiger partial charge in [-0.15, -0.1) is 0 Å². The predicted molar refractivity (Wildman–Crippen MR) is 143 cm³/mol. The van der Waals surface area contributed by atoms with E-state index in [0.717, 1.165) is 13.0 Å². The van der Waals surface area contributed by atoms with Crippen molar-refractivity contribution in [1.82, 2.24) is 10.1 Å². The first-order valence-corrected chi connectivity index (χ1v) is 13.5. The fourth-order valence-electron chi connectivity index (χ4n) is 5.40. The fraction of sp³-hybridized carbons (Fsp3) is 0.414. The van der Waals surface area contributed by atoms with Crippen LogP contribution in [0.5, 0.6) is 0 Å². The second kappa shape index (κ2) is 11.8. The summed E-state index contributed by atoms with van der Waals surface area (Å²) >= 11 is 0. The first-order valence-electron chi connectivity index (χ1n) is 13.5. The van der Waals surface area contributed by atoms with Crippen LogP contribution in [0.2, 0.25) is 0 Å². The fourth-order valence-corrected chi connectivity index (χ4v) is 5.40. The van der Waals surface area contributed by atoms with Gasteiger partial charge in [0.15, 0.2) is 0 Å². The van der Waals surface area contributed by atoms with Gasteiger partial charge < -0.3 is 19.5 Å². The number of hydrogen-bond acceptors (Lipinski definition) is 9. The molecule has 1 saturated carbocycles. The molecule has 2 fully saturated rings. The highest BCUT2D eigenvalue weighted by Crippen LogP contribution is 2.39. The van der Waals surface area contributed by atoms with Crippen LogP contribution in [0, 0.1) is 17.2 Å². The zero-order valence-electron chi connectivity index (χ0n) is 22.6. The second-order valence-electron chi connectivity index (χ2n) is 10.5. The maximum atomic E-state index is 14.1. The van der Waals surface area contributed by atoms with E-state index >= 15 is 0 Å². The van der Waals surface area contributed by atoms with Crippen molar-refractivity contribution in [3.63, 3.8) is 0 Å². The van der Waals surface area contributed by atoms with Gasteiger partial charge in [-0.3, -0.25) is 9.59 Å². The highest BCUT2D eigenvalue weighted by Gasteiger charge is 2.37. The van der Waals surface area contributed by atoms with Gasteiger partial charge in [-0.25, -0.2) is 4.39 Å². The lowest BCUT2D eigenvalue weighted by Crippen LogP contribution is -2.34. The normalized spacial score (nSPS) is 19.4. The molecular formula is C29H27F4N5O4. The number of piperidine rings is 1. The average molecular weight is 586 g/mol. The molecule has 1 aromatic heterocycles. The average Bonchev–Trinajstić information content (AvgIpc) is 3.63. The quantitative estimate of drug-likeness (QED) is 0.214. The van der Waals surface area contributed by atoms with Gasteiger partial charge in [0.2, 0.25) is 5.82 Å². The zero-order chi connectivity index (χ0) is 30.0. The van der Waals surface area contributed by atoms with Crippen LogP contribution >= 0.6 is 0 Å². The van der Waals surface area contributed by atoms with E-state index in [2.05, 4.69) is 26.3 Å². The predicted octanol–water partition coefficient (Wildman–Crippen LogP) is 5.90. The van der Waals surface area contributed by atoms with Crippen molar-refractivity contribution < 1.29 is 36.4 Å². The van der Waals surface area contributed by atoms with Crippen LogP contribution in [0.3, 0.4) is 0 Å². The van der Waals surface area contributed by atoms with Crippen molar-refractivity contribution in [1.29, 1.82) is 5.26 Å². The summed E-state index contributed by atoms with van der Waals surface area (Å²) in [5, 5.41) is 16.4. The van der Waals surface area contributed by atoms with Crippen molar-refractivity contribution in [3.05, 3.63) is 47.5 Å². The molecule has 1 aliphatic carbocycles. The molecule has 0 amide bonds. The standard InChI is InChI=1S/C29H27F4N5O4/c1-16(39)41-28(40)19-2-5-22(13-19)35-24-6-3-17(14-23(24)29(31,32)33)26-36-27(42-37-26)18-4-7-25(20(12-18)15-34)38-10-8-21(30)9-11-38/h3-4,6-7,12,14,19,21-22,35H,2,5,8-11,13H2,1H3/t19-,22+/m0/s1. The summed E-state index contributed by atoms with van der Waals surface area (Å²) in [4.78, 5) is 29.3. The Hall–Kier alpha value is -4.47. The van der Waals surface area contributed by atoms with Crippen LogP contribution in [-0.4, -0.2) is 47.4 Å². The lowest BCUT2D eigenvalue weighted by Gasteiger charge is -2.31. The number of alkyl halides is 4. The van der Waals surface area contributed by atoms with Crippen molar-refractivity contribution in [3.8, 4) is 28.9 Å². The minimum atomic E-state index is -4.70. The van der Waals surface area contributed by atoms with Crippen LogP contribution < -0.4 is 10.2 Å². The van der Waals surface area contributed by atoms with E-state index in [9.17, 15) is 32.4 Å². The number of ether oxygens (including phenoxy) is 1. The summed E-state index contributed by atoms with van der Waals surface area (Å²) in [6.07, 6.45) is -3.75. The first-order chi connectivity index (χ1) is 20.0. The van der Waals surface area contributed by atoms with Gasteiger partial charge in [0, 0.05) is 42.9 Å². The van der Waals surface area contributed by atoms with E-state index < -0.39 is 41.8 Å². The molecule has 0 radical (unpaired) electrons. The largest absolute Gasteiger partial charge is 0.418 e. The number of anilines is 2. The summed E-state index contributed by atoms with van der Waals surface area (Å²) in [7, 11) is 0. The van der Waals surface area contributed by atoms with Gasteiger partial charge in [-0.2, -0.15) is 23.4 Å². The summed E-state index contributed by atoms with van der Waals surface area (Å²) in [6.45, 7) is 2.09. The Morgan fingerprint density at radius 1 is 1.10 bits per heavy atom. The molecule has 0 bridgehead atoms. The van der Waals surface area contributed by atoms with E-state index in [4.69, 9.17) is 4.52 Å². The maximum Gasteiger partial charge on any atom is 0.418 e. The Bertz CT molecular complexity index is 1520. The Balaban J connectivity index is 1.34. The molecule has 0 spiro atoms. The van der Waals surface area contributed by atoms with Crippen molar-refractivity contribution >= 4 is 23.3 Å². The van der Waals surface area contributed by atoms with Gasteiger partial charge in [-0.05, 0) is 68.5 Å². The van der Waals surface area contributed by atoms with Gasteiger partial charge in [-0.1, -0.05) is 5.16 Å². The van der Waals surface area contributed by atoms with E-state index in [1.807, 2.05) is 4.90 Å². The summed E-state index contributed by atoms with van der Waals surface area (Å²) in [6, 6.07) is 10.3. The molecule has 1 aliphatic heterocycles. The third kappa shape index (κ3) is 6.37. The third-order valence-corrected chi connectivity index (χ3v) is 7.51. The second-order valence-corrected chi connectivity index (χ2v) is 10.5. The number of nitriles is 1. The Labute approximate surface area is 238 Å². The SMILES string of the molecule is CC(=O)OC(=O)[C@H]1CC[C@@H](Nc2ccc(-c3noc(-c4ccc(N5CCC(F)CC5)c(C#N)c4)n3)cc2C(F)(F)F)C1. The molecule has 9 nitrogen and oxygen atoms in total. The zero-order valence-corrected chi connectivity index (χ0v) is 22.6. The lowest BCUT2D eigenvalue weighted by atomic mass is 10.0. The van der Waals surface area contributed by atoms with Crippen molar-refractivity contribution in [2.45, 2.75) is 57.4 Å². The van der Waals surface area contributed by atoms with Gasteiger partial charge in [0.05, 0.1) is 22.7 Å². The maximum absolute atomic E-state index is 14.1. The summed E-state index contributed by atoms with van der Waals surface area (Å²) in [5.41, 5.74) is 0.394. The number of hydrogen-bond donors (Lipinski definition) is 1. The molecule has 1 saturated heterocycles. The number of carbonyl (C=O) groups excluding carboxylic acids is 2. The van der Waals surface area contributed by atoms with Gasteiger partial charge >= 0.3 is 18.1 Å². The van der Waals surface area contributed by atoms with E-state index in [1.165, 1.54) is 12.1 Å². The number of esters is 2. The van der Waals surface area contributed by atoms with E-state index in [1.54, 1.807) is 18.2 Å². The number of aromatic nitrogens is 2. The molecular weight excluding hydrogens is 558 g/mol. The number of benzene rings is 2. The van der Waals surface area contributed by atoms with Crippen LogP contribution in [0.4, 0.5) is 28.9 Å². The molecule has 2 atom stereocenters. The molecule has 2 aromatic carbocycles. The van der Waals surface area contributed by atoms with E-state index in [-0.39, 0.29) is 29.4 Å². The minimum Gasteiger partial charge on any atom is -0.393 e. The number of nitrogens with one attached hydrogen (secondary N) is 1. The highest BCUT2D eigenvalue weighted by atomic mass is 19.4. The summed E-state index contributed by atoms with van der Waals surface area (Å²) in [5.74, 6) is -2.02. The monoisotopic (exact) mass is 585 g/mol. The number of nitrogens with zero attached hydrogens (tertiary/aromatic N) is 4. The topological polar surface area (TPSA) is 121 Å². The Morgan fingerprint density at radius 3 is 2.52 bits per heavy atom. The molecule has 42 heavy (non-hydrogen) atoms. The smallest absolute Gasteiger partial charge is 0.393 e. The number of halogens is 4. The van der Waals surface area contributed by atoms with Gasteiger partial charge in [0.25, 0.3) is 5.89 Å². The van der Waals surface area contributed by atoms with Crippen molar-refractivity contribution in [2.24, 2.45) is 5.92 Å². The molecule has 3 aromatic rings. The van der Waals surface area contributed by atoms with Crippen LogP contribution in [0.1, 0.15) is 50.2 Å². The lowest BCUT2D eigenvalue weighted by molar-refractivity contribution is -0.161. The minimum absolute atomic E-state index is 0.0284. The molecule has 13 heteroatoms. The van der Waals surface area contributed by atoms with Crippen molar-refractivity contribution in [2.75, 3.05) is 23.3 Å². The highest BCUT2D eigenvalue weighted by molar-refractivity contribution is 5.85. The van der Waals surface area contributed by atoms with Crippen LogP contribution in [0.25, 0.3) is 22.8 Å². The first kappa shape index (κ1) is 29.0. The van der Waals surface area contributed by atoms with E-state index in [0.29, 0.717) is 55.6 Å². The van der Waals surface area contributed by atoms with Crippen LogP contribution in [0.15, 0.2) is 40.9 Å². The molecule has 2 heterocycles. The third-order valence-electron chi connectivity index (χ3n) is 7.51. The van der Waals surface area contributed by atoms with Gasteiger partial charge in [0.1, 0.15) is 12.2 Å².